The fourth-order valence-corrected chi connectivity index (χ4v) is 2.78. The van der Waals surface area contributed by atoms with Gasteiger partial charge < -0.3 is 10.1 Å². The monoisotopic (exact) mass is 343 g/mol. The lowest BCUT2D eigenvalue weighted by Gasteiger charge is -2.16. The average Bonchev–Trinajstić information content (AvgIpc) is 3.06. The number of rotatable bonds is 6. The normalized spacial score (nSPS) is 12.3. The van der Waals surface area contributed by atoms with E-state index in [0.717, 1.165) is 16.8 Å². The van der Waals surface area contributed by atoms with E-state index in [2.05, 4.69) is 19.2 Å². The molecule has 0 unspecified atom stereocenters. The van der Waals surface area contributed by atoms with E-state index < -0.39 is 12.1 Å². The molecule has 24 heavy (non-hydrogen) atoms. The van der Waals surface area contributed by atoms with Gasteiger partial charge in [-0.2, -0.15) is 11.3 Å². The fraction of sp³-hybridized carbons (Fsp3) is 0.263. The molecule has 2 aromatic rings. The number of thiophene rings is 1. The average molecular weight is 343 g/mol. The van der Waals surface area contributed by atoms with Crippen molar-refractivity contribution in [2.75, 3.05) is 5.32 Å². The Labute approximate surface area is 146 Å². The summed E-state index contributed by atoms with van der Waals surface area (Å²) in [5.41, 5.74) is 2.72. The topological polar surface area (TPSA) is 55.4 Å². The molecular formula is C19H21NO3S. The minimum Gasteiger partial charge on any atom is -0.449 e. The van der Waals surface area contributed by atoms with Gasteiger partial charge in [-0.15, -0.1) is 0 Å². The first-order valence-electron chi connectivity index (χ1n) is 7.78. The Hall–Kier alpha value is -2.40. The van der Waals surface area contributed by atoms with Crippen molar-refractivity contribution in [3.63, 3.8) is 0 Å². The molecule has 1 N–H and O–H groups in total. The van der Waals surface area contributed by atoms with Gasteiger partial charge in [0.25, 0.3) is 5.91 Å². The number of carbonyl (C=O) groups is 2. The number of nitrogens with one attached hydrogen (secondary N) is 1. The Balaban J connectivity index is 1.94. The molecule has 0 fully saturated rings. The number of ether oxygens (including phenoxy) is 1. The molecule has 1 atom stereocenters. The summed E-state index contributed by atoms with van der Waals surface area (Å²) in [6.07, 6.45) is 2.12. The number of hydrogen-bond donors (Lipinski definition) is 1. The van der Waals surface area contributed by atoms with E-state index in [1.807, 2.05) is 41.1 Å². The summed E-state index contributed by atoms with van der Waals surface area (Å²) in [6, 6.07) is 9.51. The molecule has 0 radical (unpaired) electrons. The zero-order chi connectivity index (χ0) is 17.5. The Bertz CT molecular complexity index is 720. The third kappa shape index (κ3) is 5.06. The molecule has 0 aliphatic heterocycles. The van der Waals surface area contributed by atoms with Gasteiger partial charge in [0.05, 0.1) is 0 Å². The summed E-state index contributed by atoms with van der Waals surface area (Å²) >= 11 is 1.55. The number of anilines is 1. The van der Waals surface area contributed by atoms with Gasteiger partial charge in [0.2, 0.25) is 0 Å². The highest BCUT2D eigenvalue weighted by Crippen LogP contribution is 2.23. The van der Waals surface area contributed by atoms with Crippen molar-refractivity contribution in [3.8, 4) is 0 Å². The van der Waals surface area contributed by atoms with Crippen molar-refractivity contribution in [1.29, 1.82) is 0 Å². The first-order chi connectivity index (χ1) is 11.5. The van der Waals surface area contributed by atoms with Crippen LogP contribution < -0.4 is 5.32 Å². The van der Waals surface area contributed by atoms with Crippen LogP contribution in [0.4, 0.5) is 5.69 Å². The summed E-state index contributed by atoms with van der Waals surface area (Å²) in [4.78, 5) is 24.0. The molecule has 0 saturated carbocycles. The number of amides is 1. The van der Waals surface area contributed by atoms with Gasteiger partial charge in [-0.05, 0) is 52.9 Å². The van der Waals surface area contributed by atoms with Crippen LogP contribution in [-0.2, 0) is 14.3 Å². The third-order valence-corrected chi connectivity index (χ3v) is 4.16. The second-order valence-electron chi connectivity index (χ2n) is 5.70. The van der Waals surface area contributed by atoms with Gasteiger partial charge in [0.1, 0.15) is 0 Å². The molecule has 0 aliphatic rings. The van der Waals surface area contributed by atoms with Crippen LogP contribution >= 0.6 is 11.3 Å². The van der Waals surface area contributed by atoms with E-state index in [-0.39, 0.29) is 11.8 Å². The van der Waals surface area contributed by atoms with Crippen LogP contribution in [0.15, 0.2) is 47.2 Å². The van der Waals surface area contributed by atoms with E-state index in [9.17, 15) is 9.59 Å². The van der Waals surface area contributed by atoms with E-state index in [1.165, 1.54) is 6.08 Å². The number of carbonyl (C=O) groups excluding carboxylic acids is 2. The maximum absolute atomic E-state index is 12.2. The van der Waals surface area contributed by atoms with Crippen molar-refractivity contribution in [2.45, 2.75) is 32.8 Å². The van der Waals surface area contributed by atoms with Gasteiger partial charge in [-0.3, -0.25) is 4.79 Å². The van der Waals surface area contributed by atoms with E-state index >= 15 is 0 Å². The highest BCUT2D eigenvalue weighted by molar-refractivity contribution is 7.08. The fourth-order valence-electron chi connectivity index (χ4n) is 2.15. The molecule has 0 spiro atoms. The Morgan fingerprint density at radius 2 is 1.92 bits per heavy atom. The van der Waals surface area contributed by atoms with Gasteiger partial charge in [-0.1, -0.05) is 32.0 Å². The molecule has 1 aromatic heterocycles. The Kier molecular flexibility index (Phi) is 6.32. The minimum absolute atomic E-state index is 0.285. The molecule has 0 aliphatic carbocycles. The molecule has 1 heterocycles. The lowest BCUT2D eigenvalue weighted by atomic mass is 10.0. The largest absolute Gasteiger partial charge is 0.449 e. The summed E-state index contributed by atoms with van der Waals surface area (Å²) in [5.74, 6) is -0.603. The maximum Gasteiger partial charge on any atom is 0.331 e. The molecule has 1 amide bonds. The van der Waals surface area contributed by atoms with Crippen molar-refractivity contribution >= 4 is 35.0 Å². The first kappa shape index (κ1) is 17.9. The number of esters is 1. The van der Waals surface area contributed by atoms with E-state index in [4.69, 9.17) is 4.74 Å². The van der Waals surface area contributed by atoms with Crippen LogP contribution in [0.2, 0.25) is 0 Å². The quantitative estimate of drug-likeness (QED) is 0.622. The van der Waals surface area contributed by atoms with E-state index in [1.54, 1.807) is 24.3 Å². The summed E-state index contributed by atoms with van der Waals surface area (Å²) in [6.45, 7) is 5.68. The molecule has 126 valence electrons. The number of benzene rings is 1. The van der Waals surface area contributed by atoms with Crippen molar-refractivity contribution < 1.29 is 14.3 Å². The number of hydrogen-bond acceptors (Lipinski definition) is 4. The Morgan fingerprint density at radius 3 is 2.58 bits per heavy atom. The van der Waals surface area contributed by atoms with Crippen LogP contribution in [0, 0.1) is 0 Å². The minimum atomic E-state index is -0.871. The molecule has 2 rings (SSSR count). The van der Waals surface area contributed by atoms with E-state index in [0.29, 0.717) is 0 Å². The SMILES string of the molecule is CC(C)c1ccccc1NC(=O)[C@H](C)OC(=O)/C=C/c1ccsc1. The highest BCUT2D eigenvalue weighted by Gasteiger charge is 2.18. The van der Waals surface area contributed by atoms with Crippen LogP contribution in [0.5, 0.6) is 0 Å². The molecule has 1 aromatic carbocycles. The second-order valence-corrected chi connectivity index (χ2v) is 6.48. The summed E-state index contributed by atoms with van der Waals surface area (Å²) in [5, 5.41) is 6.67. The predicted octanol–water partition coefficient (Wildman–Crippen LogP) is 4.46. The second kappa shape index (κ2) is 8.45. The lowest BCUT2D eigenvalue weighted by Crippen LogP contribution is -2.29. The lowest BCUT2D eigenvalue weighted by molar-refractivity contribution is -0.148. The predicted molar refractivity (Wildman–Crippen MR) is 98.1 cm³/mol. The van der Waals surface area contributed by atoms with Crippen molar-refractivity contribution in [2.24, 2.45) is 0 Å². The van der Waals surface area contributed by atoms with Gasteiger partial charge in [-0.25, -0.2) is 4.79 Å². The van der Waals surface area contributed by atoms with Gasteiger partial charge in [0.15, 0.2) is 6.10 Å². The molecule has 0 bridgehead atoms. The molecule has 0 saturated heterocycles. The number of para-hydroxylation sites is 1. The smallest absolute Gasteiger partial charge is 0.331 e. The Morgan fingerprint density at radius 1 is 1.17 bits per heavy atom. The van der Waals surface area contributed by atoms with Crippen molar-refractivity contribution in [1.82, 2.24) is 0 Å². The zero-order valence-electron chi connectivity index (χ0n) is 14.0. The zero-order valence-corrected chi connectivity index (χ0v) is 14.8. The first-order valence-corrected chi connectivity index (χ1v) is 8.72. The molecular weight excluding hydrogens is 322 g/mol. The molecule has 5 heteroatoms. The van der Waals surface area contributed by atoms with Crippen molar-refractivity contribution in [3.05, 3.63) is 58.3 Å². The van der Waals surface area contributed by atoms with Crippen LogP contribution in [0.25, 0.3) is 6.08 Å². The van der Waals surface area contributed by atoms with Gasteiger partial charge >= 0.3 is 5.97 Å². The van der Waals surface area contributed by atoms with Crippen LogP contribution in [-0.4, -0.2) is 18.0 Å². The third-order valence-electron chi connectivity index (χ3n) is 3.46. The van der Waals surface area contributed by atoms with Crippen LogP contribution in [0.3, 0.4) is 0 Å². The maximum atomic E-state index is 12.2. The van der Waals surface area contributed by atoms with Crippen LogP contribution in [0.1, 0.15) is 37.8 Å². The highest BCUT2D eigenvalue weighted by atomic mass is 32.1. The van der Waals surface area contributed by atoms with Gasteiger partial charge in [0, 0.05) is 11.8 Å². The summed E-state index contributed by atoms with van der Waals surface area (Å²) < 4.78 is 5.15. The summed E-state index contributed by atoms with van der Waals surface area (Å²) in [7, 11) is 0. The standard InChI is InChI=1S/C19H21NO3S/c1-13(2)16-6-4-5-7-17(16)20-19(22)14(3)23-18(21)9-8-15-10-11-24-12-15/h4-14H,1-3H3,(H,20,22)/b9-8+/t14-/m0/s1. The molecule has 4 nitrogen and oxygen atoms in total.